The highest BCUT2D eigenvalue weighted by atomic mass is 16.6. The van der Waals surface area contributed by atoms with Crippen molar-refractivity contribution in [1.82, 2.24) is 19.7 Å². The number of carbonyl (C=O) groups is 3. The summed E-state index contributed by atoms with van der Waals surface area (Å²) in [5, 5.41) is 0. The Bertz CT molecular complexity index is 914. The van der Waals surface area contributed by atoms with E-state index in [4.69, 9.17) is 9.47 Å². The molecule has 164 valence electrons. The van der Waals surface area contributed by atoms with E-state index in [2.05, 4.69) is 4.98 Å². The summed E-state index contributed by atoms with van der Waals surface area (Å²) in [6.45, 7) is 4.73. The second-order valence-electron chi connectivity index (χ2n) is 8.46. The lowest BCUT2D eigenvalue weighted by Gasteiger charge is -2.36. The van der Waals surface area contributed by atoms with Gasteiger partial charge < -0.3 is 24.2 Å². The lowest BCUT2D eigenvalue weighted by atomic mass is 9.76. The van der Waals surface area contributed by atoms with Crippen molar-refractivity contribution in [3.8, 4) is 0 Å². The molecule has 0 unspecified atom stereocenters. The van der Waals surface area contributed by atoms with E-state index in [1.807, 2.05) is 24.3 Å². The summed E-state index contributed by atoms with van der Waals surface area (Å²) < 4.78 is 11.3. The van der Waals surface area contributed by atoms with Crippen LogP contribution < -0.4 is 0 Å². The minimum atomic E-state index is -0.720. The SMILES string of the molecule is CCOC(=O)N1CCN(C(=O)[C@H]2[C@H]3C=C[C@]4(CN(Cc5ccncc5)C(=O)[C@@H]24)O3)CC1. The van der Waals surface area contributed by atoms with Crippen LogP contribution in [0.4, 0.5) is 4.79 Å². The van der Waals surface area contributed by atoms with E-state index >= 15 is 0 Å². The maximum atomic E-state index is 13.4. The van der Waals surface area contributed by atoms with Gasteiger partial charge in [-0.3, -0.25) is 14.6 Å². The number of carbonyl (C=O) groups excluding carboxylic acids is 3. The van der Waals surface area contributed by atoms with Gasteiger partial charge in [0.15, 0.2) is 0 Å². The average molecular weight is 426 g/mol. The summed E-state index contributed by atoms with van der Waals surface area (Å²) in [5.74, 6) is -1.12. The van der Waals surface area contributed by atoms with Crippen LogP contribution in [-0.2, 0) is 25.6 Å². The van der Waals surface area contributed by atoms with Crippen molar-refractivity contribution in [3.05, 3.63) is 42.2 Å². The highest BCUT2D eigenvalue weighted by molar-refractivity contribution is 5.93. The molecule has 0 aromatic carbocycles. The standard InChI is InChI=1S/C22H26N4O5/c1-2-30-21(29)25-11-9-24(10-12-25)19(27)17-16-3-6-22(31-16)14-26(20(28)18(17)22)13-15-4-7-23-8-5-15/h3-8,16-18H,2,9-14H2,1H3/t16-,17+,18-,22-/m1/s1. The maximum Gasteiger partial charge on any atom is 0.409 e. The smallest absolute Gasteiger partial charge is 0.409 e. The van der Waals surface area contributed by atoms with Crippen molar-refractivity contribution >= 4 is 17.9 Å². The minimum absolute atomic E-state index is 0.0350. The molecule has 9 heteroatoms. The summed E-state index contributed by atoms with van der Waals surface area (Å²) in [4.78, 5) is 47.9. The van der Waals surface area contributed by atoms with Crippen molar-refractivity contribution in [3.63, 3.8) is 0 Å². The van der Waals surface area contributed by atoms with Crippen LogP contribution in [0, 0.1) is 11.8 Å². The molecule has 3 amide bonds. The Morgan fingerprint density at radius 3 is 2.61 bits per heavy atom. The van der Waals surface area contributed by atoms with E-state index in [1.165, 1.54) is 0 Å². The van der Waals surface area contributed by atoms with E-state index < -0.39 is 17.4 Å². The third-order valence-corrected chi connectivity index (χ3v) is 6.70. The van der Waals surface area contributed by atoms with Gasteiger partial charge in [0.2, 0.25) is 11.8 Å². The second kappa shape index (κ2) is 7.64. The quantitative estimate of drug-likeness (QED) is 0.657. The van der Waals surface area contributed by atoms with Gasteiger partial charge in [0, 0.05) is 45.1 Å². The first-order chi connectivity index (χ1) is 15.0. The molecule has 0 aliphatic carbocycles. The predicted octanol–water partition coefficient (Wildman–Crippen LogP) is 0.664. The number of aromatic nitrogens is 1. The second-order valence-corrected chi connectivity index (χ2v) is 8.46. The number of pyridine rings is 1. The van der Waals surface area contributed by atoms with Gasteiger partial charge in [-0.15, -0.1) is 0 Å². The zero-order chi connectivity index (χ0) is 21.6. The molecule has 3 fully saturated rings. The number of amides is 3. The molecule has 5 heterocycles. The molecular weight excluding hydrogens is 400 g/mol. The Morgan fingerprint density at radius 1 is 1.19 bits per heavy atom. The van der Waals surface area contributed by atoms with Gasteiger partial charge >= 0.3 is 6.09 Å². The average Bonchev–Trinajstić information content (AvgIpc) is 3.42. The summed E-state index contributed by atoms with van der Waals surface area (Å²) in [6, 6.07) is 3.78. The first-order valence-electron chi connectivity index (χ1n) is 10.8. The molecule has 0 radical (unpaired) electrons. The fourth-order valence-electron chi connectivity index (χ4n) is 5.24. The van der Waals surface area contributed by atoms with Crippen LogP contribution in [-0.4, -0.2) is 88.6 Å². The number of rotatable bonds is 4. The number of hydrogen-bond acceptors (Lipinski definition) is 6. The first kappa shape index (κ1) is 20.0. The molecule has 3 saturated heterocycles. The van der Waals surface area contributed by atoms with E-state index in [-0.39, 0.29) is 24.0 Å². The number of nitrogens with zero attached hydrogens (tertiary/aromatic N) is 4. The molecule has 0 saturated carbocycles. The number of fused-ring (bicyclic) bond motifs is 1. The fourth-order valence-corrected chi connectivity index (χ4v) is 5.24. The van der Waals surface area contributed by atoms with Crippen molar-refractivity contribution in [2.45, 2.75) is 25.2 Å². The third-order valence-electron chi connectivity index (χ3n) is 6.70. The molecule has 1 spiro atoms. The van der Waals surface area contributed by atoms with Gasteiger partial charge in [-0.25, -0.2) is 4.79 Å². The molecule has 4 atom stereocenters. The van der Waals surface area contributed by atoms with Crippen LogP contribution in [0.25, 0.3) is 0 Å². The molecule has 4 aliphatic heterocycles. The largest absolute Gasteiger partial charge is 0.450 e. The molecule has 0 N–H and O–H groups in total. The predicted molar refractivity (Wildman–Crippen MR) is 109 cm³/mol. The van der Waals surface area contributed by atoms with Gasteiger partial charge in [-0.1, -0.05) is 12.2 Å². The Morgan fingerprint density at radius 2 is 1.90 bits per heavy atom. The van der Waals surface area contributed by atoms with E-state index in [1.54, 1.807) is 34.0 Å². The summed E-state index contributed by atoms with van der Waals surface area (Å²) in [5.41, 5.74) is 0.276. The Balaban J connectivity index is 1.29. The third kappa shape index (κ3) is 3.27. The molecule has 4 aliphatic rings. The van der Waals surface area contributed by atoms with Gasteiger partial charge in [-0.05, 0) is 24.6 Å². The van der Waals surface area contributed by atoms with Gasteiger partial charge in [-0.2, -0.15) is 0 Å². The van der Waals surface area contributed by atoms with Crippen molar-refractivity contribution in [1.29, 1.82) is 0 Å². The number of hydrogen-bond donors (Lipinski definition) is 0. The van der Waals surface area contributed by atoms with Crippen LogP contribution in [0.1, 0.15) is 12.5 Å². The molecule has 2 bridgehead atoms. The summed E-state index contributed by atoms with van der Waals surface area (Å²) in [7, 11) is 0. The van der Waals surface area contributed by atoms with Crippen LogP contribution >= 0.6 is 0 Å². The van der Waals surface area contributed by atoms with Crippen LogP contribution in [0.15, 0.2) is 36.7 Å². The molecule has 5 rings (SSSR count). The lowest BCUT2D eigenvalue weighted by molar-refractivity contribution is -0.144. The van der Waals surface area contributed by atoms with Gasteiger partial charge in [0.05, 0.1) is 31.1 Å². The Kier molecular flexibility index (Phi) is 4.92. The van der Waals surface area contributed by atoms with Crippen LogP contribution in [0.3, 0.4) is 0 Å². The molecule has 1 aromatic heterocycles. The first-order valence-corrected chi connectivity index (χ1v) is 10.8. The molecular formula is C22H26N4O5. The summed E-state index contributed by atoms with van der Waals surface area (Å²) >= 11 is 0. The minimum Gasteiger partial charge on any atom is -0.450 e. The maximum absolute atomic E-state index is 13.4. The molecule has 9 nitrogen and oxygen atoms in total. The van der Waals surface area contributed by atoms with Crippen molar-refractivity contribution < 1.29 is 23.9 Å². The number of likely N-dealkylation sites (tertiary alicyclic amines) is 1. The zero-order valence-electron chi connectivity index (χ0n) is 17.5. The normalized spacial score (nSPS) is 31.3. The Hall–Kier alpha value is -2.94. The van der Waals surface area contributed by atoms with Crippen LogP contribution in [0.5, 0.6) is 0 Å². The number of piperazine rings is 1. The van der Waals surface area contributed by atoms with E-state index in [9.17, 15) is 14.4 Å². The Labute approximate surface area is 180 Å². The fraction of sp³-hybridized carbons (Fsp3) is 0.545. The lowest BCUT2D eigenvalue weighted by Crippen LogP contribution is -2.54. The van der Waals surface area contributed by atoms with Crippen LogP contribution in [0.2, 0.25) is 0 Å². The van der Waals surface area contributed by atoms with Crippen molar-refractivity contribution in [2.75, 3.05) is 39.3 Å². The summed E-state index contributed by atoms with van der Waals surface area (Å²) in [6.07, 6.45) is 6.59. The molecule has 1 aromatic rings. The highest BCUT2D eigenvalue weighted by Crippen LogP contribution is 2.52. The number of ether oxygens (including phenoxy) is 2. The van der Waals surface area contributed by atoms with E-state index in [0.29, 0.717) is 45.9 Å². The molecule has 31 heavy (non-hydrogen) atoms. The van der Waals surface area contributed by atoms with E-state index in [0.717, 1.165) is 5.56 Å². The van der Waals surface area contributed by atoms with Gasteiger partial charge in [0.1, 0.15) is 5.60 Å². The zero-order valence-corrected chi connectivity index (χ0v) is 17.5. The van der Waals surface area contributed by atoms with Gasteiger partial charge in [0.25, 0.3) is 0 Å². The monoisotopic (exact) mass is 426 g/mol. The van der Waals surface area contributed by atoms with Crippen molar-refractivity contribution in [2.24, 2.45) is 11.8 Å². The highest BCUT2D eigenvalue weighted by Gasteiger charge is 2.67. The topological polar surface area (TPSA) is 92.3 Å².